The van der Waals surface area contributed by atoms with Gasteiger partial charge >= 0.3 is 0 Å². The number of hydrogen-bond donors (Lipinski definition) is 1. The first-order chi connectivity index (χ1) is 7.77. The zero-order valence-electron chi connectivity index (χ0n) is 9.92. The Bertz CT molecular complexity index is 401. The first-order valence-electron chi connectivity index (χ1n) is 5.88. The van der Waals surface area contributed by atoms with Crippen LogP contribution in [-0.2, 0) is 11.2 Å². The summed E-state index contributed by atoms with van der Waals surface area (Å²) in [5.41, 5.74) is 3.51. The molecule has 3 nitrogen and oxygen atoms in total. The summed E-state index contributed by atoms with van der Waals surface area (Å²) >= 11 is 0. The van der Waals surface area contributed by atoms with Crippen LogP contribution in [0, 0.1) is 0 Å². The van der Waals surface area contributed by atoms with E-state index in [9.17, 15) is 4.79 Å². The molecule has 86 valence electrons. The largest absolute Gasteiger partial charge is 0.388 e. The smallest absolute Gasteiger partial charge is 0.226 e. The van der Waals surface area contributed by atoms with Gasteiger partial charge in [-0.25, -0.2) is 0 Å². The average Bonchev–Trinajstić information content (AvgIpc) is 2.36. The minimum atomic E-state index is 0.217. The Balaban J connectivity index is 2.43. The van der Waals surface area contributed by atoms with Gasteiger partial charge < -0.3 is 10.2 Å². The van der Waals surface area contributed by atoms with Crippen LogP contribution in [0.4, 0.5) is 11.4 Å². The van der Waals surface area contributed by atoms with Crippen LogP contribution in [0.2, 0.25) is 0 Å². The number of amides is 1. The molecule has 0 aromatic heterocycles. The van der Waals surface area contributed by atoms with E-state index in [2.05, 4.69) is 11.4 Å². The average molecular weight is 218 g/mol. The molecule has 1 aromatic carbocycles. The standard InChI is InChI=1S/C13H18N2O/c1-3-13(16)15-9-5-6-10-11(14-2)7-4-8-12(10)15/h4,7-8,14H,3,5-6,9H2,1-2H3. The van der Waals surface area contributed by atoms with E-state index in [1.165, 1.54) is 5.56 Å². The van der Waals surface area contributed by atoms with Gasteiger partial charge in [-0.3, -0.25) is 4.79 Å². The first kappa shape index (κ1) is 11.0. The van der Waals surface area contributed by atoms with Gasteiger partial charge in [-0.05, 0) is 30.5 Å². The Hall–Kier alpha value is -1.51. The summed E-state index contributed by atoms with van der Waals surface area (Å²) in [6.45, 7) is 2.77. The second-order valence-electron chi connectivity index (χ2n) is 4.06. The fourth-order valence-electron chi connectivity index (χ4n) is 2.31. The lowest BCUT2D eigenvalue weighted by molar-refractivity contribution is -0.118. The number of nitrogens with one attached hydrogen (secondary N) is 1. The maximum Gasteiger partial charge on any atom is 0.226 e. The predicted octanol–water partition coefficient (Wildman–Crippen LogP) is 2.42. The summed E-state index contributed by atoms with van der Waals surface area (Å²) in [6.07, 6.45) is 2.68. The van der Waals surface area contributed by atoms with Crippen molar-refractivity contribution in [3.8, 4) is 0 Å². The van der Waals surface area contributed by atoms with E-state index in [0.717, 1.165) is 30.8 Å². The second kappa shape index (κ2) is 4.56. The molecule has 0 unspecified atom stereocenters. The highest BCUT2D eigenvalue weighted by Crippen LogP contribution is 2.32. The number of hydrogen-bond acceptors (Lipinski definition) is 2. The Labute approximate surface area is 96.5 Å². The fraction of sp³-hybridized carbons (Fsp3) is 0.462. The Morgan fingerprint density at radius 2 is 2.31 bits per heavy atom. The Morgan fingerprint density at radius 3 is 3.00 bits per heavy atom. The normalized spacial score (nSPS) is 14.5. The maximum absolute atomic E-state index is 11.8. The number of nitrogens with zero attached hydrogens (tertiary/aromatic N) is 1. The lowest BCUT2D eigenvalue weighted by Crippen LogP contribution is -2.35. The highest BCUT2D eigenvalue weighted by molar-refractivity contribution is 5.95. The molecule has 1 amide bonds. The topological polar surface area (TPSA) is 32.3 Å². The summed E-state index contributed by atoms with van der Waals surface area (Å²) in [5, 5.41) is 3.19. The molecule has 1 heterocycles. The summed E-state index contributed by atoms with van der Waals surface area (Å²) in [7, 11) is 1.93. The molecule has 2 rings (SSSR count). The molecule has 0 saturated carbocycles. The highest BCUT2D eigenvalue weighted by atomic mass is 16.2. The van der Waals surface area contributed by atoms with Gasteiger partial charge in [0.05, 0.1) is 0 Å². The van der Waals surface area contributed by atoms with E-state index in [-0.39, 0.29) is 5.91 Å². The molecule has 1 aliphatic rings. The number of rotatable bonds is 2. The summed E-state index contributed by atoms with van der Waals surface area (Å²) in [6, 6.07) is 6.12. The summed E-state index contributed by atoms with van der Waals surface area (Å²) in [5.74, 6) is 0.217. The molecular weight excluding hydrogens is 200 g/mol. The van der Waals surface area contributed by atoms with E-state index in [0.29, 0.717) is 6.42 Å². The zero-order chi connectivity index (χ0) is 11.5. The number of carbonyl (C=O) groups excluding carboxylic acids is 1. The van der Waals surface area contributed by atoms with E-state index in [1.54, 1.807) is 0 Å². The molecular formula is C13H18N2O. The Kier molecular flexibility index (Phi) is 3.13. The van der Waals surface area contributed by atoms with Gasteiger partial charge in [0.1, 0.15) is 0 Å². The minimum absolute atomic E-state index is 0.217. The van der Waals surface area contributed by atoms with Crippen LogP contribution in [0.3, 0.4) is 0 Å². The van der Waals surface area contributed by atoms with Crippen molar-refractivity contribution in [2.45, 2.75) is 26.2 Å². The molecule has 0 aliphatic carbocycles. The molecule has 0 fully saturated rings. The van der Waals surface area contributed by atoms with Crippen LogP contribution in [0.5, 0.6) is 0 Å². The molecule has 16 heavy (non-hydrogen) atoms. The van der Waals surface area contributed by atoms with E-state index < -0.39 is 0 Å². The molecule has 0 bridgehead atoms. The third-order valence-electron chi connectivity index (χ3n) is 3.12. The first-order valence-corrected chi connectivity index (χ1v) is 5.88. The van der Waals surface area contributed by atoms with Crippen molar-refractivity contribution >= 4 is 17.3 Å². The van der Waals surface area contributed by atoms with Gasteiger partial charge in [0.2, 0.25) is 5.91 Å². The molecule has 1 N–H and O–H groups in total. The fourth-order valence-corrected chi connectivity index (χ4v) is 2.31. The van der Waals surface area contributed by atoms with Crippen molar-refractivity contribution in [1.82, 2.24) is 0 Å². The SMILES string of the molecule is CCC(=O)N1CCCc2c(NC)cccc21. The molecule has 3 heteroatoms. The van der Waals surface area contributed by atoms with Crippen molar-refractivity contribution in [2.24, 2.45) is 0 Å². The third-order valence-corrected chi connectivity index (χ3v) is 3.12. The Morgan fingerprint density at radius 1 is 1.50 bits per heavy atom. The maximum atomic E-state index is 11.8. The molecule has 1 aliphatic heterocycles. The van der Waals surface area contributed by atoms with Crippen LogP contribution < -0.4 is 10.2 Å². The second-order valence-corrected chi connectivity index (χ2v) is 4.06. The van der Waals surface area contributed by atoms with Gasteiger partial charge in [0.15, 0.2) is 0 Å². The molecule has 0 atom stereocenters. The number of anilines is 2. The van der Waals surface area contributed by atoms with E-state index >= 15 is 0 Å². The van der Waals surface area contributed by atoms with Crippen LogP contribution in [-0.4, -0.2) is 19.5 Å². The van der Waals surface area contributed by atoms with Crippen LogP contribution in [0.15, 0.2) is 18.2 Å². The monoisotopic (exact) mass is 218 g/mol. The zero-order valence-corrected chi connectivity index (χ0v) is 9.92. The third kappa shape index (κ3) is 1.77. The lowest BCUT2D eigenvalue weighted by atomic mass is 9.99. The molecule has 0 radical (unpaired) electrons. The number of carbonyl (C=O) groups is 1. The minimum Gasteiger partial charge on any atom is -0.388 e. The summed E-state index contributed by atoms with van der Waals surface area (Å²) < 4.78 is 0. The molecule has 0 spiro atoms. The summed E-state index contributed by atoms with van der Waals surface area (Å²) in [4.78, 5) is 13.8. The van der Waals surface area contributed by atoms with Gasteiger partial charge in [-0.15, -0.1) is 0 Å². The van der Waals surface area contributed by atoms with Crippen LogP contribution in [0.25, 0.3) is 0 Å². The van der Waals surface area contributed by atoms with Crippen molar-refractivity contribution in [1.29, 1.82) is 0 Å². The highest BCUT2D eigenvalue weighted by Gasteiger charge is 2.22. The van der Waals surface area contributed by atoms with Gasteiger partial charge in [-0.1, -0.05) is 13.0 Å². The van der Waals surface area contributed by atoms with Crippen LogP contribution in [0.1, 0.15) is 25.3 Å². The van der Waals surface area contributed by atoms with Crippen molar-refractivity contribution in [3.05, 3.63) is 23.8 Å². The van der Waals surface area contributed by atoms with Crippen LogP contribution >= 0.6 is 0 Å². The quantitative estimate of drug-likeness (QED) is 0.826. The lowest BCUT2D eigenvalue weighted by Gasteiger charge is -2.30. The van der Waals surface area contributed by atoms with Crippen molar-refractivity contribution < 1.29 is 4.79 Å². The van der Waals surface area contributed by atoms with Gasteiger partial charge in [0.25, 0.3) is 0 Å². The number of benzene rings is 1. The van der Waals surface area contributed by atoms with E-state index in [4.69, 9.17) is 0 Å². The van der Waals surface area contributed by atoms with E-state index in [1.807, 2.05) is 31.0 Å². The number of fused-ring (bicyclic) bond motifs is 1. The van der Waals surface area contributed by atoms with Gasteiger partial charge in [-0.2, -0.15) is 0 Å². The van der Waals surface area contributed by atoms with Crippen molar-refractivity contribution in [3.63, 3.8) is 0 Å². The molecule has 0 saturated heterocycles. The predicted molar refractivity (Wildman–Crippen MR) is 67.0 cm³/mol. The van der Waals surface area contributed by atoms with Gasteiger partial charge in [0, 0.05) is 31.4 Å². The molecule has 1 aromatic rings. The van der Waals surface area contributed by atoms with Crippen molar-refractivity contribution in [2.75, 3.05) is 23.8 Å².